The van der Waals surface area contributed by atoms with Gasteiger partial charge in [-0.05, 0) is 42.5 Å². The van der Waals surface area contributed by atoms with Gasteiger partial charge in [0.1, 0.15) is 0 Å². The van der Waals surface area contributed by atoms with E-state index in [1.54, 1.807) is 53.1 Å². The lowest BCUT2D eigenvalue weighted by molar-refractivity contribution is -0.118. The largest absolute Gasteiger partial charge is 0.279 e. The van der Waals surface area contributed by atoms with Crippen molar-refractivity contribution < 1.29 is 14.4 Å². The molecular formula is C23H15ClN2O3S. The van der Waals surface area contributed by atoms with Crippen LogP contribution in [0.15, 0.2) is 76.5 Å². The van der Waals surface area contributed by atoms with Crippen LogP contribution in [0.1, 0.15) is 27.1 Å². The van der Waals surface area contributed by atoms with Crippen molar-refractivity contribution in [1.82, 2.24) is 4.90 Å². The molecule has 5 rings (SSSR count). The molecule has 0 N–H and O–H groups in total. The summed E-state index contributed by atoms with van der Waals surface area (Å²) in [5, 5.41) is 0.534. The highest BCUT2D eigenvalue weighted by atomic mass is 35.5. The number of hydrogen-bond donors (Lipinski definition) is 0. The van der Waals surface area contributed by atoms with Crippen molar-refractivity contribution >= 4 is 52.5 Å². The number of amides is 3. The number of benzene rings is 3. The number of imide groups is 1. The number of fused-ring (bicyclic) bond motifs is 3. The summed E-state index contributed by atoms with van der Waals surface area (Å²) in [4.78, 5) is 43.2. The fourth-order valence-electron chi connectivity index (χ4n) is 3.76. The van der Waals surface area contributed by atoms with Gasteiger partial charge < -0.3 is 0 Å². The summed E-state index contributed by atoms with van der Waals surface area (Å²) in [6, 6.07) is 19.8. The number of rotatable bonds is 3. The Kier molecular flexibility index (Phi) is 4.60. The van der Waals surface area contributed by atoms with E-state index in [0.717, 1.165) is 20.4 Å². The van der Waals surface area contributed by atoms with Crippen molar-refractivity contribution in [3.63, 3.8) is 0 Å². The summed E-state index contributed by atoms with van der Waals surface area (Å²) in [7, 11) is 0. The van der Waals surface area contributed by atoms with E-state index in [1.807, 2.05) is 30.3 Å². The van der Waals surface area contributed by atoms with Crippen LogP contribution in [0.5, 0.6) is 0 Å². The van der Waals surface area contributed by atoms with Gasteiger partial charge in [0.25, 0.3) is 11.8 Å². The van der Waals surface area contributed by atoms with Gasteiger partial charge in [0, 0.05) is 27.8 Å². The Hall–Kier alpha value is -3.09. The van der Waals surface area contributed by atoms with Crippen molar-refractivity contribution in [3.8, 4) is 0 Å². The molecule has 3 aromatic carbocycles. The van der Waals surface area contributed by atoms with Crippen LogP contribution in [0, 0.1) is 0 Å². The Bertz CT molecular complexity index is 1190. The molecule has 0 fully saturated rings. The van der Waals surface area contributed by atoms with Gasteiger partial charge in [0.15, 0.2) is 0 Å². The molecule has 0 aromatic heterocycles. The number of anilines is 2. The standard InChI is InChI=1S/C23H15ClN2O3S/c24-14-9-10-20-18(13-14)26(17-7-3-4-8-19(17)30-20)21(27)11-12-25-22(28)15-5-1-2-6-16(15)23(25)29/h1-10,13H,11-12H2. The van der Waals surface area contributed by atoms with Crippen LogP contribution in [-0.4, -0.2) is 29.2 Å². The fourth-order valence-corrected chi connectivity index (χ4v) is 4.96. The molecule has 0 radical (unpaired) electrons. The van der Waals surface area contributed by atoms with Gasteiger partial charge in [-0.25, -0.2) is 0 Å². The van der Waals surface area contributed by atoms with E-state index in [0.29, 0.717) is 21.8 Å². The van der Waals surface area contributed by atoms with Crippen LogP contribution >= 0.6 is 23.4 Å². The predicted molar refractivity (Wildman–Crippen MR) is 116 cm³/mol. The molecule has 7 heteroatoms. The topological polar surface area (TPSA) is 57.7 Å². The van der Waals surface area contributed by atoms with Crippen molar-refractivity contribution in [2.75, 3.05) is 11.4 Å². The fraction of sp³-hybridized carbons (Fsp3) is 0.0870. The van der Waals surface area contributed by atoms with Crippen molar-refractivity contribution in [3.05, 3.63) is 82.9 Å². The van der Waals surface area contributed by atoms with Crippen LogP contribution < -0.4 is 4.90 Å². The lowest BCUT2D eigenvalue weighted by atomic mass is 10.1. The first-order valence-electron chi connectivity index (χ1n) is 9.39. The highest BCUT2D eigenvalue weighted by molar-refractivity contribution is 7.99. The molecule has 2 aliphatic rings. The summed E-state index contributed by atoms with van der Waals surface area (Å²) in [6.07, 6.45) is 0.0103. The van der Waals surface area contributed by atoms with E-state index in [1.165, 1.54) is 0 Å². The quantitative estimate of drug-likeness (QED) is 0.534. The van der Waals surface area contributed by atoms with E-state index in [9.17, 15) is 14.4 Å². The zero-order valence-corrected chi connectivity index (χ0v) is 17.2. The third-order valence-corrected chi connectivity index (χ3v) is 6.53. The highest BCUT2D eigenvalue weighted by Crippen LogP contribution is 2.49. The Morgan fingerprint density at radius 3 is 2.20 bits per heavy atom. The van der Waals surface area contributed by atoms with Gasteiger partial charge in [-0.3, -0.25) is 24.2 Å². The molecule has 3 aromatic rings. The molecule has 0 saturated carbocycles. The molecule has 30 heavy (non-hydrogen) atoms. The average Bonchev–Trinajstić information content (AvgIpc) is 3.00. The Balaban J connectivity index is 1.43. The van der Waals surface area contributed by atoms with E-state index >= 15 is 0 Å². The molecule has 3 amide bonds. The SMILES string of the molecule is O=C1c2ccccc2C(=O)N1CCC(=O)N1c2ccccc2Sc2ccc(Cl)cc21. The lowest BCUT2D eigenvalue weighted by Crippen LogP contribution is -2.35. The zero-order chi connectivity index (χ0) is 20.8. The van der Waals surface area contributed by atoms with Crippen molar-refractivity contribution in [2.24, 2.45) is 0 Å². The number of carbonyl (C=O) groups excluding carboxylic acids is 3. The molecule has 0 spiro atoms. The zero-order valence-electron chi connectivity index (χ0n) is 15.7. The number of carbonyl (C=O) groups is 3. The van der Waals surface area contributed by atoms with Crippen molar-refractivity contribution in [1.29, 1.82) is 0 Å². The molecule has 0 saturated heterocycles. The molecule has 2 aliphatic heterocycles. The first-order valence-corrected chi connectivity index (χ1v) is 10.6. The minimum Gasteiger partial charge on any atom is -0.279 e. The number of para-hydroxylation sites is 1. The monoisotopic (exact) mass is 434 g/mol. The molecule has 148 valence electrons. The molecule has 0 atom stereocenters. The van der Waals surface area contributed by atoms with E-state index in [4.69, 9.17) is 11.6 Å². The Morgan fingerprint density at radius 2 is 1.47 bits per heavy atom. The maximum absolute atomic E-state index is 13.3. The summed E-state index contributed by atoms with van der Waals surface area (Å²) in [5.74, 6) is -0.925. The third kappa shape index (κ3) is 3.00. The van der Waals surface area contributed by atoms with Crippen LogP contribution in [0.4, 0.5) is 11.4 Å². The van der Waals surface area contributed by atoms with E-state index in [2.05, 4.69) is 0 Å². The van der Waals surface area contributed by atoms with Crippen molar-refractivity contribution in [2.45, 2.75) is 16.2 Å². The summed E-state index contributed by atoms with van der Waals surface area (Å²) in [6.45, 7) is 0.0207. The first kappa shape index (κ1) is 18.9. The second-order valence-electron chi connectivity index (χ2n) is 6.97. The van der Waals surface area contributed by atoms with Crippen LogP contribution in [-0.2, 0) is 4.79 Å². The molecule has 2 heterocycles. The minimum atomic E-state index is -0.360. The molecule has 0 bridgehead atoms. The number of nitrogens with zero attached hydrogens (tertiary/aromatic N) is 2. The summed E-state index contributed by atoms with van der Waals surface area (Å²) in [5.41, 5.74) is 2.24. The van der Waals surface area contributed by atoms with Gasteiger partial charge in [0.05, 0.1) is 22.5 Å². The first-order chi connectivity index (χ1) is 14.5. The average molecular weight is 435 g/mol. The lowest BCUT2D eigenvalue weighted by Gasteiger charge is -2.31. The van der Waals surface area contributed by atoms with Gasteiger partial charge in [-0.15, -0.1) is 0 Å². The van der Waals surface area contributed by atoms with E-state index in [-0.39, 0.29) is 30.7 Å². The second kappa shape index (κ2) is 7.31. The normalized spacial score (nSPS) is 14.4. The molecule has 0 unspecified atom stereocenters. The van der Waals surface area contributed by atoms with Crippen LogP contribution in [0.3, 0.4) is 0 Å². The van der Waals surface area contributed by atoms with Gasteiger partial charge in [-0.1, -0.05) is 47.6 Å². The van der Waals surface area contributed by atoms with Gasteiger partial charge >= 0.3 is 0 Å². The molecular weight excluding hydrogens is 420 g/mol. The maximum Gasteiger partial charge on any atom is 0.261 e. The van der Waals surface area contributed by atoms with Gasteiger partial charge in [-0.2, -0.15) is 0 Å². The summed E-state index contributed by atoms with van der Waals surface area (Å²) < 4.78 is 0. The second-order valence-corrected chi connectivity index (χ2v) is 8.49. The van der Waals surface area contributed by atoms with Crippen LogP contribution in [0.2, 0.25) is 5.02 Å². The minimum absolute atomic E-state index is 0.0103. The number of halogens is 1. The Morgan fingerprint density at radius 1 is 0.833 bits per heavy atom. The highest BCUT2D eigenvalue weighted by Gasteiger charge is 2.36. The maximum atomic E-state index is 13.3. The molecule has 0 aliphatic carbocycles. The van der Waals surface area contributed by atoms with E-state index < -0.39 is 0 Å². The van der Waals surface area contributed by atoms with Crippen LogP contribution in [0.25, 0.3) is 0 Å². The molecule has 5 nitrogen and oxygen atoms in total. The summed E-state index contributed by atoms with van der Waals surface area (Å²) >= 11 is 7.78. The smallest absolute Gasteiger partial charge is 0.261 e. The van der Waals surface area contributed by atoms with Gasteiger partial charge in [0.2, 0.25) is 5.91 Å². The Labute approximate surface area is 182 Å². The third-order valence-electron chi connectivity index (χ3n) is 5.16. The number of hydrogen-bond acceptors (Lipinski definition) is 4. The predicted octanol–water partition coefficient (Wildman–Crippen LogP) is 5.16.